The predicted molar refractivity (Wildman–Crippen MR) is 111 cm³/mol. The van der Waals surface area contributed by atoms with Crippen molar-refractivity contribution in [1.29, 1.82) is 5.26 Å². The van der Waals surface area contributed by atoms with E-state index in [-0.39, 0.29) is 30.0 Å². The van der Waals surface area contributed by atoms with Crippen molar-refractivity contribution in [2.24, 2.45) is 11.8 Å². The fourth-order valence-electron chi connectivity index (χ4n) is 4.30. The minimum Gasteiger partial charge on any atom is -0.393 e. The van der Waals surface area contributed by atoms with Gasteiger partial charge in [-0.1, -0.05) is 6.92 Å². The maximum Gasteiger partial charge on any atom is 0.225 e. The van der Waals surface area contributed by atoms with E-state index < -0.39 is 0 Å². The Morgan fingerprint density at radius 3 is 2.48 bits per heavy atom. The maximum atomic E-state index is 12.1. The molecular weight excluding hydrogens is 368 g/mol. The van der Waals surface area contributed by atoms with Gasteiger partial charge in [-0.15, -0.1) is 0 Å². The molecule has 0 radical (unpaired) electrons. The number of aliphatic hydroxyl groups excluding tert-OH is 1. The van der Waals surface area contributed by atoms with Crippen LogP contribution in [0.5, 0.6) is 0 Å². The summed E-state index contributed by atoms with van der Waals surface area (Å²) in [5, 5.41) is 26.3. The molecule has 0 saturated heterocycles. The van der Waals surface area contributed by atoms with Crippen molar-refractivity contribution in [3.63, 3.8) is 0 Å². The molecule has 1 aromatic heterocycles. The van der Waals surface area contributed by atoms with Crippen molar-refractivity contribution in [1.82, 2.24) is 14.9 Å². The fourth-order valence-corrected chi connectivity index (χ4v) is 4.30. The van der Waals surface area contributed by atoms with E-state index in [0.717, 1.165) is 38.5 Å². The number of aliphatic hydroxyl groups is 1. The second kappa shape index (κ2) is 9.40. The molecule has 1 amide bonds. The van der Waals surface area contributed by atoms with Crippen molar-refractivity contribution in [3.05, 3.63) is 11.8 Å². The zero-order valence-corrected chi connectivity index (χ0v) is 17.6. The van der Waals surface area contributed by atoms with Crippen molar-refractivity contribution in [2.75, 3.05) is 24.7 Å². The molecule has 8 nitrogen and oxygen atoms in total. The highest BCUT2D eigenvalue weighted by molar-refractivity contribution is 5.78. The van der Waals surface area contributed by atoms with Gasteiger partial charge in [-0.2, -0.15) is 10.2 Å². The van der Waals surface area contributed by atoms with Crippen LogP contribution in [0.25, 0.3) is 0 Å². The van der Waals surface area contributed by atoms with Crippen LogP contribution in [0.15, 0.2) is 6.20 Å². The Hall–Kier alpha value is -2.40. The maximum absolute atomic E-state index is 12.1. The van der Waals surface area contributed by atoms with Crippen LogP contribution in [0, 0.1) is 23.2 Å². The van der Waals surface area contributed by atoms with Crippen LogP contribution in [0.1, 0.15) is 57.4 Å². The van der Waals surface area contributed by atoms with E-state index in [1.54, 1.807) is 25.2 Å². The standard InChI is InChI=1S/C21H32N6O2/c1-13-4-7-17(10-18(13)28)24-19-15(11-22)12-23-21(26-19)25-16-8-5-14(6-9-16)20(29)27(2)3/h12-14,16-18,28H,4-10H2,1-3H3,(H2,23,24,25,26)/t13-,14?,16?,17-,18?/m1/s1. The minimum atomic E-state index is -0.328. The lowest BCUT2D eigenvalue weighted by Gasteiger charge is -2.32. The van der Waals surface area contributed by atoms with Gasteiger partial charge in [-0.05, 0) is 50.9 Å². The molecule has 1 unspecified atom stereocenters. The van der Waals surface area contributed by atoms with E-state index >= 15 is 0 Å². The van der Waals surface area contributed by atoms with Crippen molar-refractivity contribution < 1.29 is 9.90 Å². The Morgan fingerprint density at radius 1 is 1.17 bits per heavy atom. The number of hydrogen-bond donors (Lipinski definition) is 3. The molecule has 8 heteroatoms. The average Bonchev–Trinajstić information content (AvgIpc) is 2.71. The van der Waals surface area contributed by atoms with Crippen molar-refractivity contribution >= 4 is 17.7 Å². The molecule has 0 spiro atoms. The summed E-state index contributed by atoms with van der Waals surface area (Å²) in [6.45, 7) is 2.06. The molecule has 3 atom stereocenters. The third-order valence-electron chi connectivity index (χ3n) is 6.25. The van der Waals surface area contributed by atoms with E-state index in [2.05, 4.69) is 33.6 Å². The summed E-state index contributed by atoms with van der Waals surface area (Å²) in [5.74, 6) is 1.63. The monoisotopic (exact) mass is 400 g/mol. The Bertz CT molecular complexity index is 754. The fraction of sp³-hybridized carbons (Fsp3) is 0.714. The highest BCUT2D eigenvalue weighted by atomic mass is 16.3. The van der Waals surface area contributed by atoms with Gasteiger partial charge in [0.15, 0.2) is 0 Å². The van der Waals surface area contributed by atoms with Crippen LogP contribution in [-0.4, -0.2) is 58.2 Å². The molecule has 2 saturated carbocycles. The molecule has 2 aliphatic carbocycles. The van der Waals surface area contributed by atoms with Gasteiger partial charge in [0.05, 0.1) is 12.3 Å². The number of aromatic nitrogens is 2. The quantitative estimate of drug-likeness (QED) is 0.695. The van der Waals surface area contributed by atoms with Gasteiger partial charge in [-0.3, -0.25) is 4.79 Å². The van der Waals surface area contributed by atoms with E-state index in [1.165, 1.54) is 0 Å². The summed E-state index contributed by atoms with van der Waals surface area (Å²) in [7, 11) is 3.61. The van der Waals surface area contributed by atoms with E-state index in [0.29, 0.717) is 29.7 Å². The SMILES string of the molecule is C[C@@H]1CC[C@@H](Nc2nc(NC3CCC(C(=O)N(C)C)CC3)ncc2C#N)CC1O. The smallest absolute Gasteiger partial charge is 0.225 e. The molecule has 3 rings (SSSR count). The number of nitrogens with zero attached hydrogens (tertiary/aromatic N) is 4. The first-order chi connectivity index (χ1) is 13.9. The lowest BCUT2D eigenvalue weighted by Crippen LogP contribution is -2.36. The summed E-state index contributed by atoms with van der Waals surface area (Å²) in [6, 6.07) is 2.47. The molecule has 0 bridgehead atoms. The average molecular weight is 401 g/mol. The third-order valence-corrected chi connectivity index (χ3v) is 6.25. The Balaban J connectivity index is 1.61. The Labute approximate surface area is 172 Å². The van der Waals surface area contributed by atoms with Gasteiger partial charge in [0, 0.05) is 32.1 Å². The molecular formula is C21H32N6O2. The first-order valence-corrected chi connectivity index (χ1v) is 10.6. The summed E-state index contributed by atoms with van der Waals surface area (Å²) in [4.78, 5) is 22.6. The number of anilines is 2. The van der Waals surface area contributed by atoms with Crippen LogP contribution >= 0.6 is 0 Å². The van der Waals surface area contributed by atoms with Crippen molar-refractivity contribution in [3.8, 4) is 6.07 Å². The predicted octanol–water partition coefficient (Wildman–Crippen LogP) is 2.37. The first-order valence-electron chi connectivity index (χ1n) is 10.6. The number of rotatable bonds is 5. The highest BCUT2D eigenvalue weighted by Gasteiger charge is 2.29. The van der Waals surface area contributed by atoms with Crippen LogP contribution in [-0.2, 0) is 4.79 Å². The molecule has 3 N–H and O–H groups in total. The van der Waals surface area contributed by atoms with Gasteiger partial charge < -0.3 is 20.6 Å². The number of amides is 1. The molecule has 29 heavy (non-hydrogen) atoms. The van der Waals surface area contributed by atoms with Gasteiger partial charge in [0.25, 0.3) is 0 Å². The second-order valence-corrected chi connectivity index (χ2v) is 8.69. The van der Waals surface area contributed by atoms with E-state index in [1.807, 2.05) is 0 Å². The van der Waals surface area contributed by atoms with Gasteiger partial charge in [0.1, 0.15) is 17.5 Å². The van der Waals surface area contributed by atoms with Crippen molar-refractivity contribution in [2.45, 2.75) is 70.1 Å². The Morgan fingerprint density at radius 2 is 1.86 bits per heavy atom. The Kier molecular flexibility index (Phi) is 6.91. The molecule has 2 aliphatic rings. The second-order valence-electron chi connectivity index (χ2n) is 8.69. The van der Waals surface area contributed by atoms with Gasteiger partial charge >= 0.3 is 0 Å². The molecule has 0 aliphatic heterocycles. The largest absolute Gasteiger partial charge is 0.393 e. The van der Waals surface area contributed by atoms with Crippen LogP contribution < -0.4 is 10.6 Å². The summed E-state index contributed by atoms with van der Waals surface area (Å²) in [5.41, 5.74) is 0.406. The van der Waals surface area contributed by atoms with Crippen LogP contribution in [0.3, 0.4) is 0 Å². The van der Waals surface area contributed by atoms with Crippen LogP contribution in [0.2, 0.25) is 0 Å². The highest BCUT2D eigenvalue weighted by Crippen LogP contribution is 2.29. The minimum absolute atomic E-state index is 0.0993. The van der Waals surface area contributed by atoms with E-state index in [4.69, 9.17) is 0 Å². The molecule has 1 aromatic rings. The van der Waals surface area contributed by atoms with Crippen LogP contribution in [0.4, 0.5) is 11.8 Å². The molecule has 0 aromatic carbocycles. The molecule has 158 valence electrons. The number of hydrogen-bond acceptors (Lipinski definition) is 7. The zero-order chi connectivity index (χ0) is 21.0. The number of carbonyl (C=O) groups is 1. The first kappa shape index (κ1) is 21.3. The lowest BCUT2D eigenvalue weighted by atomic mass is 9.85. The zero-order valence-electron chi connectivity index (χ0n) is 17.6. The lowest BCUT2D eigenvalue weighted by molar-refractivity contribution is -0.133. The normalized spacial score (nSPS) is 29.6. The summed E-state index contributed by atoms with van der Waals surface area (Å²) in [6.07, 6.45) is 7.26. The van der Waals surface area contributed by atoms with E-state index in [9.17, 15) is 15.2 Å². The summed E-state index contributed by atoms with van der Waals surface area (Å²) < 4.78 is 0. The third kappa shape index (κ3) is 5.36. The summed E-state index contributed by atoms with van der Waals surface area (Å²) >= 11 is 0. The topological polar surface area (TPSA) is 114 Å². The number of nitriles is 1. The molecule has 1 heterocycles. The number of carbonyl (C=O) groups excluding carboxylic acids is 1. The van der Waals surface area contributed by atoms with Gasteiger partial charge in [0.2, 0.25) is 11.9 Å². The number of nitrogens with one attached hydrogen (secondary N) is 2. The molecule has 2 fully saturated rings. The van der Waals surface area contributed by atoms with Gasteiger partial charge in [-0.25, -0.2) is 4.98 Å².